The minimum Gasteiger partial charge on any atom is -0.480 e. The van der Waals surface area contributed by atoms with Crippen LogP contribution >= 0.6 is 23.5 Å². The van der Waals surface area contributed by atoms with Gasteiger partial charge in [0, 0.05) is 11.8 Å². The van der Waals surface area contributed by atoms with Crippen LogP contribution in [0, 0.1) is 0 Å². The smallest absolute Gasteiger partial charge is 0.326 e. The molecule has 0 fully saturated rings. The van der Waals surface area contributed by atoms with E-state index in [1.165, 1.54) is 0 Å². The van der Waals surface area contributed by atoms with Gasteiger partial charge in [0.2, 0.25) is 0 Å². The van der Waals surface area contributed by atoms with E-state index in [1.54, 1.807) is 23.5 Å². The van der Waals surface area contributed by atoms with E-state index in [0.717, 1.165) is 6.42 Å². The average molecular weight is 294 g/mol. The first kappa shape index (κ1) is 17.4. The molecule has 0 rings (SSSR count). The Morgan fingerprint density at radius 2 is 1.94 bits per heavy atom. The van der Waals surface area contributed by atoms with Gasteiger partial charge in [-0.1, -0.05) is 6.92 Å². The molecule has 106 valence electrons. The van der Waals surface area contributed by atoms with Crippen molar-refractivity contribution in [1.29, 1.82) is 0 Å². The molecular formula is C11H22N2O3S2. The summed E-state index contributed by atoms with van der Waals surface area (Å²) in [4.78, 5) is 22.4. The predicted molar refractivity (Wildman–Crippen MR) is 78.6 cm³/mol. The lowest BCUT2D eigenvalue weighted by atomic mass is 10.2. The van der Waals surface area contributed by atoms with Crippen LogP contribution in [0.3, 0.4) is 0 Å². The highest BCUT2D eigenvalue weighted by atomic mass is 32.2. The number of carboxylic acids is 1. The molecule has 3 N–H and O–H groups in total. The molecule has 0 saturated heterocycles. The summed E-state index contributed by atoms with van der Waals surface area (Å²) in [7, 11) is 0. The largest absolute Gasteiger partial charge is 0.480 e. The molecule has 0 spiro atoms. The van der Waals surface area contributed by atoms with Gasteiger partial charge in [0.15, 0.2) is 0 Å². The van der Waals surface area contributed by atoms with Crippen molar-refractivity contribution >= 4 is 35.5 Å². The second kappa shape index (κ2) is 10.4. The molecule has 5 nitrogen and oxygen atoms in total. The van der Waals surface area contributed by atoms with E-state index in [2.05, 4.69) is 17.6 Å². The van der Waals surface area contributed by atoms with Gasteiger partial charge in [-0.15, -0.1) is 0 Å². The minimum atomic E-state index is -0.989. The minimum absolute atomic E-state index is 0.406. The van der Waals surface area contributed by atoms with Gasteiger partial charge in [-0.3, -0.25) is 0 Å². The maximum Gasteiger partial charge on any atom is 0.326 e. The van der Waals surface area contributed by atoms with Crippen LogP contribution in [0.1, 0.15) is 19.8 Å². The fourth-order valence-electron chi connectivity index (χ4n) is 1.21. The molecule has 0 bridgehead atoms. The van der Waals surface area contributed by atoms with Gasteiger partial charge in [-0.05, 0) is 31.1 Å². The molecule has 2 amide bonds. The Bertz CT molecular complexity index is 265. The van der Waals surface area contributed by atoms with Gasteiger partial charge < -0.3 is 15.7 Å². The van der Waals surface area contributed by atoms with Crippen molar-refractivity contribution in [1.82, 2.24) is 10.6 Å². The lowest BCUT2D eigenvalue weighted by Gasteiger charge is -2.15. The van der Waals surface area contributed by atoms with Gasteiger partial charge in [-0.2, -0.15) is 23.5 Å². The van der Waals surface area contributed by atoms with E-state index >= 15 is 0 Å². The van der Waals surface area contributed by atoms with Crippen molar-refractivity contribution < 1.29 is 14.7 Å². The number of nitrogens with one attached hydrogen (secondary N) is 2. The molecule has 0 aromatic heterocycles. The highest BCUT2D eigenvalue weighted by Crippen LogP contribution is 2.07. The van der Waals surface area contributed by atoms with Crippen LogP contribution in [-0.4, -0.2) is 53.2 Å². The molecule has 0 radical (unpaired) electrons. The fraction of sp³-hybridized carbons (Fsp3) is 0.818. The Hall–Kier alpha value is -0.560. The number of carboxylic acid groups (broad SMARTS) is 1. The van der Waals surface area contributed by atoms with Crippen molar-refractivity contribution in [3.05, 3.63) is 0 Å². The topological polar surface area (TPSA) is 78.4 Å². The van der Waals surface area contributed by atoms with E-state index in [-0.39, 0.29) is 0 Å². The van der Waals surface area contributed by atoms with Crippen LogP contribution in [0.25, 0.3) is 0 Å². The second-order valence-corrected chi connectivity index (χ2v) is 6.17. The summed E-state index contributed by atoms with van der Waals surface area (Å²) in [5.41, 5.74) is 0. The summed E-state index contributed by atoms with van der Waals surface area (Å²) in [5, 5.41) is 14.6. The first-order valence-electron chi connectivity index (χ1n) is 5.80. The van der Waals surface area contributed by atoms with Crippen molar-refractivity contribution in [2.45, 2.75) is 31.1 Å². The number of amides is 2. The highest BCUT2D eigenvalue weighted by molar-refractivity contribution is 7.99. The maximum absolute atomic E-state index is 11.5. The number of hydrogen-bond acceptors (Lipinski definition) is 4. The van der Waals surface area contributed by atoms with Gasteiger partial charge in [0.1, 0.15) is 6.04 Å². The lowest BCUT2D eigenvalue weighted by molar-refractivity contribution is -0.139. The maximum atomic E-state index is 11.5. The summed E-state index contributed by atoms with van der Waals surface area (Å²) in [6.45, 7) is 2.64. The highest BCUT2D eigenvalue weighted by Gasteiger charge is 2.18. The summed E-state index contributed by atoms with van der Waals surface area (Å²) in [6.07, 6.45) is 5.23. The molecule has 0 aliphatic carbocycles. The molecule has 0 aliphatic heterocycles. The zero-order valence-corrected chi connectivity index (χ0v) is 12.7. The molecular weight excluding hydrogens is 272 g/mol. The van der Waals surface area contributed by atoms with E-state index < -0.39 is 18.0 Å². The van der Waals surface area contributed by atoms with Crippen LogP contribution in [0.4, 0.5) is 4.79 Å². The summed E-state index contributed by atoms with van der Waals surface area (Å²) in [6, 6.07) is -1.22. The fourth-order valence-corrected chi connectivity index (χ4v) is 2.03. The Kier molecular flexibility index (Phi) is 10.0. The van der Waals surface area contributed by atoms with Gasteiger partial charge in [-0.25, -0.2) is 9.59 Å². The van der Waals surface area contributed by atoms with Crippen LogP contribution in [0.15, 0.2) is 0 Å². The van der Waals surface area contributed by atoms with Crippen molar-refractivity contribution in [3.63, 3.8) is 0 Å². The van der Waals surface area contributed by atoms with Gasteiger partial charge >= 0.3 is 12.0 Å². The van der Waals surface area contributed by atoms with E-state index in [0.29, 0.717) is 24.0 Å². The number of carbonyl (C=O) groups excluding carboxylic acids is 1. The molecule has 0 aromatic carbocycles. The van der Waals surface area contributed by atoms with Crippen LogP contribution in [0.5, 0.6) is 0 Å². The summed E-state index contributed by atoms with van der Waals surface area (Å²) < 4.78 is 0. The average Bonchev–Trinajstić information content (AvgIpc) is 2.33. The molecule has 0 saturated carbocycles. The monoisotopic (exact) mass is 294 g/mol. The summed E-state index contributed by atoms with van der Waals surface area (Å²) in [5.74, 6) is -0.280. The Morgan fingerprint density at radius 1 is 1.28 bits per heavy atom. The molecule has 7 heteroatoms. The van der Waals surface area contributed by atoms with E-state index in [4.69, 9.17) is 5.11 Å². The molecule has 1 unspecified atom stereocenters. The number of carbonyl (C=O) groups is 2. The SMILES string of the molecule is CSCC[C@@H](NC(=O)NCCC(C)SC)C(=O)O. The molecule has 0 heterocycles. The van der Waals surface area contributed by atoms with Crippen molar-refractivity contribution in [2.75, 3.05) is 24.8 Å². The third kappa shape index (κ3) is 8.52. The number of aliphatic carboxylic acids is 1. The molecule has 18 heavy (non-hydrogen) atoms. The second-order valence-electron chi connectivity index (χ2n) is 3.91. The molecule has 0 aromatic rings. The number of thioether (sulfide) groups is 2. The third-order valence-corrected chi connectivity index (χ3v) is 4.14. The first-order valence-corrected chi connectivity index (χ1v) is 8.48. The van der Waals surface area contributed by atoms with Crippen LogP contribution in [-0.2, 0) is 4.79 Å². The zero-order valence-electron chi connectivity index (χ0n) is 11.1. The predicted octanol–water partition coefficient (Wildman–Crippen LogP) is 1.63. The standard InChI is InChI=1S/C11H22N2O3S2/c1-8(18-3)4-6-12-11(16)13-9(10(14)15)5-7-17-2/h8-9H,4-7H2,1-3H3,(H,14,15)(H2,12,13,16)/t8?,9-/m1/s1. The normalized spacial score (nSPS) is 13.7. The summed E-state index contributed by atoms with van der Waals surface area (Å²) >= 11 is 3.30. The Labute approximate surface area is 117 Å². The van der Waals surface area contributed by atoms with Crippen LogP contribution < -0.4 is 10.6 Å². The van der Waals surface area contributed by atoms with Gasteiger partial charge in [0.25, 0.3) is 0 Å². The Morgan fingerprint density at radius 3 is 2.44 bits per heavy atom. The van der Waals surface area contributed by atoms with Crippen molar-refractivity contribution in [3.8, 4) is 0 Å². The lowest BCUT2D eigenvalue weighted by Crippen LogP contribution is -2.46. The number of hydrogen-bond donors (Lipinski definition) is 3. The van der Waals surface area contributed by atoms with Crippen LogP contribution in [0.2, 0.25) is 0 Å². The first-order chi connectivity index (χ1) is 8.51. The van der Waals surface area contributed by atoms with Crippen molar-refractivity contribution in [2.24, 2.45) is 0 Å². The van der Waals surface area contributed by atoms with E-state index in [9.17, 15) is 9.59 Å². The Balaban J connectivity index is 3.91. The zero-order chi connectivity index (χ0) is 14.0. The third-order valence-electron chi connectivity index (χ3n) is 2.45. The van der Waals surface area contributed by atoms with E-state index in [1.807, 2.05) is 12.5 Å². The number of rotatable bonds is 9. The quantitative estimate of drug-likeness (QED) is 0.602. The number of urea groups is 1. The molecule has 2 atom stereocenters. The van der Waals surface area contributed by atoms with Gasteiger partial charge in [0.05, 0.1) is 0 Å². The molecule has 0 aliphatic rings.